The van der Waals surface area contributed by atoms with Gasteiger partial charge in [-0.25, -0.2) is 0 Å². The third-order valence-electron chi connectivity index (χ3n) is 5.24. The summed E-state index contributed by atoms with van der Waals surface area (Å²) in [5.41, 5.74) is -0.363. The first-order valence-electron chi connectivity index (χ1n) is 7.91. The molecule has 2 aliphatic carbocycles. The second kappa shape index (κ2) is 6.24. The summed E-state index contributed by atoms with van der Waals surface area (Å²) in [4.78, 5) is 2.44. The van der Waals surface area contributed by atoms with E-state index in [4.69, 9.17) is 0 Å². The van der Waals surface area contributed by atoms with Gasteiger partial charge < -0.3 is 4.90 Å². The van der Waals surface area contributed by atoms with E-state index < -0.39 is 0 Å². The Bertz CT molecular complexity index is 335. The Morgan fingerprint density at radius 3 is 2.68 bits per heavy atom. The highest BCUT2D eigenvalue weighted by molar-refractivity contribution is 5.03. The molecular weight excluding hydrogens is 234 g/mol. The maximum absolute atomic E-state index is 9.27. The normalized spacial score (nSPS) is 32.5. The fourth-order valence-corrected chi connectivity index (χ4v) is 4.08. The number of fused-ring (bicyclic) bond motifs is 2. The average Bonchev–Trinajstić information content (AvgIpc) is 2.99. The monoisotopic (exact) mass is 263 g/mol. The van der Waals surface area contributed by atoms with Crippen LogP contribution in [0.4, 0.5) is 0 Å². The van der Waals surface area contributed by atoms with Crippen LogP contribution >= 0.6 is 0 Å². The summed E-state index contributed by atoms with van der Waals surface area (Å²) in [6.07, 6.45) is 6.81. The molecule has 0 saturated heterocycles. The average molecular weight is 263 g/mol. The highest BCUT2D eigenvalue weighted by Crippen LogP contribution is 2.48. The van der Waals surface area contributed by atoms with Gasteiger partial charge in [0.25, 0.3) is 0 Å². The van der Waals surface area contributed by atoms with Gasteiger partial charge in [0.05, 0.1) is 6.07 Å². The zero-order valence-corrected chi connectivity index (χ0v) is 12.8. The third kappa shape index (κ3) is 3.70. The van der Waals surface area contributed by atoms with Crippen molar-refractivity contribution in [3.05, 3.63) is 0 Å². The Morgan fingerprint density at radius 1 is 1.37 bits per heavy atom. The summed E-state index contributed by atoms with van der Waals surface area (Å²) in [6.45, 7) is 7.19. The van der Waals surface area contributed by atoms with Crippen molar-refractivity contribution in [3.63, 3.8) is 0 Å². The molecule has 0 aromatic heterocycles. The summed E-state index contributed by atoms with van der Waals surface area (Å²) in [5, 5.41) is 12.6. The zero-order valence-electron chi connectivity index (χ0n) is 12.8. The maximum atomic E-state index is 9.27. The molecule has 0 heterocycles. The molecule has 0 amide bonds. The summed E-state index contributed by atoms with van der Waals surface area (Å²) < 4.78 is 0. The molecule has 3 nitrogen and oxygen atoms in total. The van der Waals surface area contributed by atoms with Gasteiger partial charge in [-0.05, 0) is 64.0 Å². The molecule has 0 aliphatic heterocycles. The number of nitriles is 1. The zero-order chi connectivity index (χ0) is 13.9. The van der Waals surface area contributed by atoms with Gasteiger partial charge >= 0.3 is 0 Å². The lowest BCUT2D eigenvalue weighted by Crippen LogP contribution is -2.43. The van der Waals surface area contributed by atoms with Crippen LogP contribution in [0.2, 0.25) is 0 Å². The van der Waals surface area contributed by atoms with Crippen molar-refractivity contribution in [2.24, 2.45) is 17.8 Å². The van der Waals surface area contributed by atoms with E-state index in [0.717, 1.165) is 37.3 Å². The van der Waals surface area contributed by atoms with Crippen LogP contribution in [0.5, 0.6) is 0 Å². The van der Waals surface area contributed by atoms with Crippen molar-refractivity contribution in [3.8, 4) is 6.07 Å². The highest BCUT2D eigenvalue weighted by atomic mass is 15.1. The van der Waals surface area contributed by atoms with Crippen LogP contribution in [0.25, 0.3) is 0 Å². The molecular formula is C16H29N3. The molecule has 0 aromatic carbocycles. The van der Waals surface area contributed by atoms with Crippen LogP contribution in [-0.4, -0.2) is 37.1 Å². The van der Waals surface area contributed by atoms with Gasteiger partial charge in [-0.15, -0.1) is 0 Å². The van der Waals surface area contributed by atoms with E-state index in [0.29, 0.717) is 0 Å². The van der Waals surface area contributed by atoms with Gasteiger partial charge in [-0.2, -0.15) is 5.26 Å². The van der Waals surface area contributed by atoms with E-state index in [-0.39, 0.29) is 5.54 Å². The lowest BCUT2D eigenvalue weighted by atomic mass is 9.88. The summed E-state index contributed by atoms with van der Waals surface area (Å²) in [5.74, 6) is 2.97. The Kier molecular flexibility index (Phi) is 4.86. The van der Waals surface area contributed by atoms with Crippen LogP contribution in [0.15, 0.2) is 0 Å². The maximum Gasteiger partial charge on any atom is 0.105 e. The third-order valence-corrected chi connectivity index (χ3v) is 5.24. The lowest BCUT2D eigenvalue weighted by Gasteiger charge is -2.30. The number of hydrogen-bond donors (Lipinski definition) is 1. The molecule has 19 heavy (non-hydrogen) atoms. The molecule has 0 spiro atoms. The Labute approximate surface area is 118 Å². The number of nitrogens with zero attached hydrogens (tertiary/aromatic N) is 2. The number of hydrogen-bond acceptors (Lipinski definition) is 3. The van der Waals surface area contributed by atoms with E-state index in [2.05, 4.69) is 30.3 Å². The van der Waals surface area contributed by atoms with Crippen LogP contribution in [0.1, 0.15) is 46.0 Å². The van der Waals surface area contributed by atoms with Gasteiger partial charge in [0.1, 0.15) is 5.54 Å². The molecule has 2 aliphatic rings. The molecule has 0 radical (unpaired) electrons. The summed E-state index contributed by atoms with van der Waals surface area (Å²) in [7, 11) is 2.22. The Hall–Kier alpha value is -0.590. The molecule has 2 fully saturated rings. The molecule has 3 heteroatoms. The van der Waals surface area contributed by atoms with Gasteiger partial charge in [-0.1, -0.05) is 13.3 Å². The largest absolute Gasteiger partial charge is 0.306 e. The first-order chi connectivity index (χ1) is 9.06. The molecule has 2 saturated carbocycles. The van der Waals surface area contributed by atoms with Crippen molar-refractivity contribution >= 4 is 0 Å². The first-order valence-corrected chi connectivity index (χ1v) is 7.91. The molecule has 108 valence electrons. The number of nitrogens with one attached hydrogen (secondary N) is 1. The number of rotatable bonds is 7. The van der Waals surface area contributed by atoms with Crippen LogP contribution < -0.4 is 5.32 Å². The van der Waals surface area contributed by atoms with E-state index in [1.165, 1.54) is 32.2 Å². The van der Waals surface area contributed by atoms with E-state index in [9.17, 15) is 5.26 Å². The Morgan fingerprint density at radius 2 is 2.16 bits per heavy atom. The summed E-state index contributed by atoms with van der Waals surface area (Å²) >= 11 is 0. The van der Waals surface area contributed by atoms with Crippen molar-refractivity contribution < 1.29 is 0 Å². The van der Waals surface area contributed by atoms with Crippen LogP contribution in [-0.2, 0) is 0 Å². The Balaban J connectivity index is 1.72. The first kappa shape index (κ1) is 14.8. The predicted octanol–water partition coefficient (Wildman–Crippen LogP) is 2.64. The summed E-state index contributed by atoms with van der Waals surface area (Å²) in [6, 6.07) is 2.42. The van der Waals surface area contributed by atoms with Crippen molar-refractivity contribution in [2.45, 2.75) is 51.5 Å². The standard InChI is InChI=1S/C16H29N3/c1-4-18-16(2,12-17)7-8-19(3)11-15-10-13-5-6-14(15)9-13/h13-15,18H,4-11H2,1-3H3. The molecule has 4 unspecified atom stereocenters. The van der Waals surface area contributed by atoms with Gasteiger partial charge in [-0.3, -0.25) is 5.32 Å². The highest BCUT2D eigenvalue weighted by Gasteiger charge is 2.39. The smallest absolute Gasteiger partial charge is 0.105 e. The molecule has 1 N–H and O–H groups in total. The molecule has 0 aromatic rings. The van der Waals surface area contributed by atoms with Crippen molar-refractivity contribution in [1.82, 2.24) is 10.2 Å². The van der Waals surface area contributed by atoms with Gasteiger partial charge in [0.15, 0.2) is 0 Å². The van der Waals surface area contributed by atoms with Crippen LogP contribution in [0, 0.1) is 29.1 Å². The van der Waals surface area contributed by atoms with Crippen molar-refractivity contribution in [1.29, 1.82) is 5.26 Å². The second-order valence-corrected chi connectivity index (χ2v) is 6.92. The van der Waals surface area contributed by atoms with Gasteiger partial charge in [0, 0.05) is 13.1 Å². The minimum Gasteiger partial charge on any atom is -0.306 e. The van der Waals surface area contributed by atoms with E-state index in [1.807, 2.05) is 6.92 Å². The van der Waals surface area contributed by atoms with E-state index in [1.54, 1.807) is 0 Å². The minimum absolute atomic E-state index is 0.363. The fourth-order valence-electron chi connectivity index (χ4n) is 4.08. The topological polar surface area (TPSA) is 39.1 Å². The SMILES string of the molecule is CCNC(C)(C#N)CCN(C)CC1CC2CCC1C2. The molecule has 2 bridgehead atoms. The van der Waals surface area contributed by atoms with Crippen LogP contribution in [0.3, 0.4) is 0 Å². The second-order valence-electron chi connectivity index (χ2n) is 6.92. The predicted molar refractivity (Wildman–Crippen MR) is 78.7 cm³/mol. The molecule has 4 atom stereocenters. The fraction of sp³-hybridized carbons (Fsp3) is 0.938. The minimum atomic E-state index is -0.363. The van der Waals surface area contributed by atoms with Crippen molar-refractivity contribution in [2.75, 3.05) is 26.7 Å². The lowest BCUT2D eigenvalue weighted by molar-refractivity contribution is 0.207. The van der Waals surface area contributed by atoms with E-state index >= 15 is 0 Å². The van der Waals surface area contributed by atoms with Gasteiger partial charge in [0.2, 0.25) is 0 Å². The quantitative estimate of drug-likeness (QED) is 0.767. The molecule has 2 rings (SSSR count).